The molecular weight excluding hydrogens is 291 g/mol. The van der Waals surface area contributed by atoms with Crippen LogP contribution >= 0.6 is 11.6 Å². The van der Waals surface area contributed by atoms with Gasteiger partial charge in [-0.1, -0.05) is 23.7 Å². The summed E-state index contributed by atoms with van der Waals surface area (Å²) in [6, 6.07) is 6.61. The molecule has 0 saturated heterocycles. The van der Waals surface area contributed by atoms with E-state index in [4.69, 9.17) is 22.1 Å². The fraction of sp³-hybridized carbons (Fsp3) is 0.308. The average Bonchev–Trinajstić information content (AvgIpc) is 2.39. The third kappa shape index (κ3) is 4.91. The van der Waals surface area contributed by atoms with E-state index in [1.165, 1.54) is 12.3 Å². The maximum atomic E-state index is 12.0. The molecule has 0 aliphatic rings. The molecule has 0 aliphatic carbocycles. The van der Waals surface area contributed by atoms with Gasteiger partial charge in [-0.2, -0.15) is 23.7 Å². The molecule has 0 atom stereocenters. The smallest absolute Gasteiger partial charge is 0.244 e. The number of halogens is 4. The van der Waals surface area contributed by atoms with Crippen LogP contribution in [0.4, 0.5) is 13.2 Å². The summed E-state index contributed by atoms with van der Waals surface area (Å²) in [5.41, 5.74) is -1.00. The lowest BCUT2D eigenvalue weighted by Gasteiger charge is -2.16. The van der Waals surface area contributed by atoms with Gasteiger partial charge in [0, 0.05) is 18.7 Å². The highest BCUT2D eigenvalue weighted by atomic mass is 35.5. The van der Waals surface area contributed by atoms with Crippen molar-refractivity contribution >= 4 is 11.6 Å². The van der Waals surface area contributed by atoms with Crippen LogP contribution in [0.3, 0.4) is 0 Å². The van der Waals surface area contributed by atoms with E-state index in [9.17, 15) is 13.2 Å². The Morgan fingerprint density at radius 2 is 1.90 bits per heavy atom. The Morgan fingerprint density at radius 3 is 2.35 bits per heavy atom. The Kier molecular flexibility index (Phi) is 5.12. The van der Waals surface area contributed by atoms with E-state index in [1.807, 2.05) is 0 Å². The minimum absolute atomic E-state index is 0.0215. The zero-order chi connectivity index (χ0) is 15.2. The van der Waals surface area contributed by atoms with Crippen LogP contribution in [0.15, 0.2) is 30.5 Å². The second-order valence-electron chi connectivity index (χ2n) is 4.12. The van der Waals surface area contributed by atoms with E-state index >= 15 is 0 Å². The third-order valence-corrected chi connectivity index (χ3v) is 2.72. The van der Waals surface area contributed by atoms with Crippen molar-refractivity contribution in [2.45, 2.75) is 19.0 Å². The monoisotopic (exact) mass is 299 g/mol. The van der Waals surface area contributed by atoms with E-state index in [1.54, 1.807) is 18.2 Å². The third-order valence-electron chi connectivity index (χ3n) is 2.50. The molecule has 1 aromatic rings. The lowest BCUT2D eigenvalue weighted by molar-refractivity contribution is -0.0800. The average molecular weight is 300 g/mol. The van der Waals surface area contributed by atoms with Gasteiger partial charge in [-0.3, -0.25) is 0 Å². The highest BCUT2D eigenvalue weighted by Gasteiger charge is 2.30. The molecular formula is C13H9ClF3N3. The van der Waals surface area contributed by atoms with E-state index in [0.29, 0.717) is 5.56 Å². The number of pyridine rings is 1. The predicted molar refractivity (Wildman–Crippen MR) is 66.4 cm³/mol. The first-order valence-electron chi connectivity index (χ1n) is 5.48. The molecule has 0 radical (unpaired) electrons. The quantitative estimate of drug-likeness (QED) is 0.627. The first-order chi connectivity index (χ1) is 9.30. The lowest BCUT2D eigenvalue weighted by Crippen LogP contribution is -2.19. The minimum Gasteiger partial charge on any atom is -0.244 e. The van der Waals surface area contributed by atoms with Crippen molar-refractivity contribution in [2.24, 2.45) is 5.41 Å². The summed E-state index contributed by atoms with van der Waals surface area (Å²) >= 11 is 5.61. The zero-order valence-corrected chi connectivity index (χ0v) is 10.9. The van der Waals surface area contributed by atoms with Gasteiger partial charge in [0.25, 0.3) is 0 Å². The summed E-state index contributed by atoms with van der Waals surface area (Å²) in [5.74, 6) is 0. The molecule has 1 heterocycles. The van der Waals surface area contributed by atoms with Gasteiger partial charge in [-0.05, 0) is 18.1 Å². The number of hydrogen-bond acceptors (Lipinski definition) is 3. The van der Waals surface area contributed by atoms with Gasteiger partial charge in [0.1, 0.15) is 5.15 Å². The molecule has 0 bridgehead atoms. The predicted octanol–water partition coefficient (Wildman–Crippen LogP) is 3.82. The molecule has 7 heteroatoms. The van der Waals surface area contributed by atoms with E-state index in [0.717, 1.165) is 6.08 Å². The van der Waals surface area contributed by atoms with Gasteiger partial charge in [0.05, 0.1) is 12.1 Å². The summed E-state index contributed by atoms with van der Waals surface area (Å²) in [5, 5.41) is 18.4. The largest absolute Gasteiger partial charge is 0.409 e. The van der Waals surface area contributed by atoms with Crippen molar-refractivity contribution in [3.63, 3.8) is 0 Å². The Morgan fingerprint density at radius 1 is 1.25 bits per heavy atom. The highest BCUT2D eigenvalue weighted by Crippen LogP contribution is 2.28. The second kappa shape index (κ2) is 6.40. The molecule has 0 amide bonds. The Labute approximate surface area is 118 Å². The molecule has 0 fully saturated rings. The molecule has 3 nitrogen and oxygen atoms in total. The fourth-order valence-electron chi connectivity index (χ4n) is 1.52. The lowest BCUT2D eigenvalue weighted by atomic mass is 9.82. The summed E-state index contributed by atoms with van der Waals surface area (Å²) in [6.45, 7) is 0. The zero-order valence-electron chi connectivity index (χ0n) is 10.2. The molecule has 104 valence electrons. The van der Waals surface area contributed by atoms with Crippen molar-refractivity contribution in [3.8, 4) is 12.1 Å². The van der Waals surface area contributed by atoms with Gasteiger partial charge in [0.15, 0.2) is 5.41 Å². The first-order valence-corrected chi connectivity index (χ1v) is 5.85. The molecule has 0 spiro atoms. The van der Waals surface area contributed by atoms with E-state index < -0.39 is 11.6 Å². The number of nitrogens with zero attached hydrogens (tertiary/aromatic N) is 3. The van der Waals surface area contributed by atoms with Gasteiger partial charge < -0.3 is 0 Å². The molecule has 0 saturated carbocycles. The van der Waals surface area contributed by atoms with Crippen LogP contribution in [0.1, 0.15) is 12.0 Å². The van der Waals surface area contributed by atoms with Crippen molar-refractivity contribution in [1.82, 2.24) is 4.98 Å². The Hall–Kier alpha value is -2.05. The molecule has 1 aromatic heterocycles. The molecule has 0 unspecified atom stereocenters. The van der Waals surface area contributed by atoms with Gasteiger partial charge >= 0.3 is 6.18 Å². The number of nitriles is 2. The molecule has 0 N–H and O–H groups in total. The molecule has 1 rings (SSSR count). The normalized spacial score (nSPS) is 12.1. The van der Waals surface area contributed by atoms with E-state index in [-0.39, 0.29) is 24.1 Å². The SMILES string of the molecule is N#CC(C#N)(CC=CC(F)(F)F)Cc1ccc(Cl)nc1. The first kappa shape index (κ1) is 16.0. The minimum atomic E-state index is -4.46. The van der Waals surface area contributed by atoms with Crippen LogP contribution in [0.2, 0.25) is 5.15 Å². The highest BCUT2D eigenvalue weighted by molar-refractivity contribution is 6.29. The maximum absolute atomic E-state index is 12.0. The number of rotatable bonds is 4. The van der Waals surface area contributed by atoms with Crippen LogP contribution in [-0.4, -0.2) is 11.2 Å². The van der Waals surface area contributed by atoms with Crippen molar-refractivity contribution in [3.05, 3.63) is 41.2 Å². The maximum Gasteiger partial charge on any atom is 0.409 e. The Bertz CT molecular complexity index is 550. The summed E-state index contributed by atoms with van der Waals surface area (Å²) in [4.78, 5) is 3.80. The van der Waals surface area contributed by atoms with Crippen LogP contribution in [-0.2, 0) is 6.42 Å². The molecule has 20 heavy (non-hydrogen) atoms. The fourth-order valence-corrected chi connectivity index (χ4v) is 1.63. The van der Waals surface area contributed by atoms with Crippen molar-refractivity contribution < 1.29 is 13.2 Å². The standard InChI is InChI=1S/C13H9ClF3N3/c14-11-3-2-10(7-20-11)6-12(8-18,9-19)4-1-5-13(15,16)17/h1-3,5,7H,4,6H2. The van der Waals surface area contributed by atoms with Crippen molar-refractivity contribution in [1.29, 1.82) is 10.5 Å². The number of hydrogen-bond donors (Lipinski definition) is 0. The van der Waals surface area contributed by atoms with Crippen LogP contribution in [0, 0.1) is 28.1 Å². The molecule has 0 aliphatic heterocycles. The van der Waals surface area contributed by atoms with Gasteiger partial charge in [-0.15, -0.1) is 0 Å². The summed E-state index contributed by atoms with van der Waals surface area (Å²) in [6.07, 6.45) is -2.60. The van der Waals surface area contributed by atoms with Gasteiger partial charge in [0.2, 0.25) is 0 Å². The second-order valence-corrected chi connectivity index (χ2v) is 4.51. The number of aromatic nitrogens is 1. The van der Waals surface area contributed by atoms with Crippen molar-refractivity contribution in [2.75, 3.05) is 0 Å². The van der Waals surface area contributed by atoms with E-state index in [2.05, 4.69) is 4.98 Å². The van der Waals surface area contributed by atoms with Crippen LogP contribution in [0.25, 0.3) is 0 Å². The number of allylic oxidation sites excluding steroid dienone is 2. The van der Waals surface area contributed by atoms with Crippen LogP contribution in [0.5, 0.6) is 0 Å². The van der Waals surface area contributed by atoms with Gasteiger partial charge in [-0.25, -0.2) is 4.98 Å². The molecule has 0 aromatic carbocycles. The topological polar surface area (TPSA) is 60.5 Å². The summed E-state index contributed by atoms with van der Waals surface area (Å²) in [7, 11) is 0. The number of alkyl halides is 3. The Balaban J connectivity index is 2.88. The van der Waals surface area contributed by atoms with Crippen LogP contribution < -0.4 is 0 Å². The summed E-state index contributed by atoms with van der Waals surface area (Å²) < 4.78 is 36.1.